The molecule has 118 valence electrons. The summed E-state index contributed by atoms with van der Waals surface area (Å²) in [6, 6.07) is 6.49. The number of β-amino-alcohol motifs (C(OH)–C–C–N with tert-alkyl or cyclic N) is 1. The normalized spacial score (nSPS) is 18.9. The molecule has 1 heterocycles. The highest BCUT2D eigenvalue weighted by molar-refractivity contribution is 5.32. The zero-order chi connectivity index (χ0) is 15.2. The van der Waals surface area contributed by atoms with E-state index in [9.17, 15) is 5.11 Å². The summed E-state index contributed by atoms with van der Waals surface area (Å²) in [5, 5.41) is 10.1. The van der Waals surface area contributed by atoms with Crippen LogP contribution in [0.3, 0.4) is 0 Å². The van der Waals surface area contributed by atoms with Gasteiger partial charge in [-0.3, -0.25) is 0 Å². The molecule has 3 nitrogen and oxygen atoms in total. The molecule has 1 N–H and O–H groups in total. The van der Waals surface area contributed by atoms with Crippen molar-refractivity contribution in [3.8, 4) is 0 Å². The first-order valence-electron chi connectivity index (χ1n) is 8.19. The molecule has 0 amide bonds. The van der Waals surface area contributed by atoms with Crippen LogP contribution in [0.25, 0.3) is 0 Å². The van der Waals surface area contributed by atoms with Crippen LogP contribution >= 0.6 is 0 Å². The first-order chi connectivity index (χ1) is 10.1. The van der Waals surface area contributed by atoms with E-state index in [1.807, 2.05) is 0 Å². The first-order valence-corrected chi connectivity index (χ1v) is 8.19. The largest absolute Gasteiger partial charge is 0.389 e. The summed E-state index contributed by atoms with van der Waals surface area (Å²) in [5.41, 5.74) is 3.80. The third-order valence-corrected chi connectivity index (χ3v) is 4.30. The molecule has 2 atom stereocenters. The van der Waals surface area contributed by atoms with Gasteiger partial charge in [-0.2, -0.15) is 0 Å². The molecule has 1 aliphatic heterocycles. The van der Waals surface area contributed by atoms with Crippen LogP contribution < -0.4 is 0 Å². The molecular weight excluding hydrogens is 262 g/mol. The van der Waals surface area contributed by atoms with Gasteiger partial charge in [-0.15, -0.1) is 0 Å². The predicted molar refractivity (Wildman–Crippen MR) is 86.6 cm³/mol. The summed E-state index contributed by atoms with van der Waals surface area (Å²) in [6.45, 7) is 9.77. The Hall–Kier alpha value is -0.900. The lowest BCUT2D eigenvalue weighted by Gasteiger charge is -2.23. The van der Waals surface area contributed by atoms with E-state index in [0.29, 0.717) is 6.61 Å². The molecule has 0 aromatic heterocycles. The fourth-order valence-electron chi connectivity index (χ4n) is 3.16. The second-order valence-corrected chi connectivity index (χ2v) is 6.25. The van der Waals surface area contributed by atoms with Crippen molar-refractivity contribution in [3.05, 3.63) is 34.9 Å². The van der Waals surface area contributed by atoms with Crippen LogP contribution in [0.5, 0.6) is 0 Å². The monoisotopic (exact) mass is 291 g/mol. The second kappa shape index (κ2) is 7.92. The molecule has 0 radical (unpaired) electrons. The number of aliphatic hydroxyl groups is 1. The molecule has 0 aliphatic carbocycles. The molecule has 3 heteroatoms. The minimum absolute atomic E-state index is 0.0822. The number of ether oxygens (including phenoxy) is 1. The molecule has 1 fully saturated rings. The highest BCUT2D eigenvalue weighted by Gasteiger charge is 2.18. The van der Waals surface area contributed by atoms with Crippen molar-refractivity contribution in [3.63, 3.8) is 0 Å². The Morgan fingerprint density at radius 1 is 1.24 bits per heavy atom. The van der Waals surface area contributed by atoms with Gasteiger partial charge in [0.2, 0.25) is 0 Å². The number of rotatable bonds is 7. The van der Waals surface area contributed by atoms with Crippen LogP contribution in [0.4, 0.5) is 0 Å². The van der Waals surface area contributed by atoms with Crippen LogP contribution in [0.1, 0.15) is 49.0 Å². The van der Waals surface area contributed by atoms with Gasteiger partial charge in [0.05, 0.1) is 18.8 Å². The van der Waals surface area contributed by atoms with Crippen molar-refractivity contribution in [2.75, 3.05) is 26.2 Å². The molecule has 1 aromatic carbocycles. The topological polar surface area (TPSA) is 32.7 Å². The molecular formula is C18H29NO2. The van der Waals surface area contributed by atoms with Crippen molar-refractivity contribution < 1.29 is 9.84 Å². The summed E-state index contributed by atoms with van der Waals surface area (Å²) in [6.07, 6.45) is 3.14. The van der Waals surface area contributed by atoms with E-state index < -0.39 is 0 Å². The van der Waals surface area contributed by atoms with Crippen LogP contribution in [0.15, 0.2) is 18.2 Å². The van der Waals surface area contributed by atoms with E-state index in [2.05, 4.69) is 43.9 Å². The maximum Gasteiger partial charge on any atom is 0.0900 e. The smallest absolute Gasteiger partial charge is 0.0900 e. The summed E-state index contributed by atoms with van der Waals surface area (Å²) in [5.74, 6) is 0. The van der Waals surface area contributed by atoms with Gasteiger partial charge in [0.1, 0.15) is 0 Å². The number of nitrogens with zero attached hydrogens (tertiary/aromatic N) is 1. The molecule has 1 saturated heterocycles. The van der Waals surface area contributed by atoms with Gasteiger partial charge in [-0.05, 0) is 57.3 Å². The number of likely N-dealkylation sites (tertiary alicyclic amines) is 1. The van der Waals surface area contributed by atoms with Crippen LogP contribution in [-0.2, 0) is 4.74 Å². The van der Waals surface area contributed by atoms with Crippen molar-refractivity contribution in [2.24, 2.45) is 0 Å². The Morgan fingerprint density at radius 2 is 1.95 bits per heavy atom. The van der Waals surface area contributed by atoms with Crippen molar-refractivity contribution >= 4 is 0 Å². The van der Waals surface area contributed by atoms with Gasteiger partial charge >= 0.3 is 0 Å². The third kappa shape index (κ3) is 4.80. The molecule has 1 aromatic rings. The van der Waals surface area contributed by atoms with Crippen molar-refractivity contribution in [2.45, 2.75) is 52.2 Å². The molecule has 2 rings (SSSR count). The van der Waals surface area contributed by atoms with Gasteiger partial charge in [0.25, 0.3) is 0 Å². The van der Waals surface area contributed by atoms with Crippen LogP contribution in [0, 0.1) is 13.8 Å². The van der Waals surface area contributed by atoms with E-state index in [-0.39, 0.29) is 12.2 Å². The molecule has 2 unspecified atom stereocenters. The van der Waals surface area contributed by atoms with Crippen molar-refractivity contribution in [1.82, 2.24) is 4.90 Å². The van der Waals surface area contributed by atoms with Gasteiger partial charge in [0.15, 0.2) is 0 Å². The average molecular weight is 291 g/mol. The number of hydrogen-bond acceptors (Lipinski definition) is 3. The summed E-state index contributed by atoms with van der Waals surface area (Å²) in [7, 11) is 0. The van der Waals surface area contributed by atoms with E-state index >= 15 is 0 Å². The minimum Gasteiger partial charge on any atom is -0.389 e. The zero-order valence-corrected chi connectivity index (χ0v) is 13.6. The summed E-state index contributed by atoms with van der Waals surface area (Å²) < 4.78 is 5.99. The Balaban J connectivity index is 1.86. The number of benzene rings is 1. The Kier molecular flexibility index (Phi) is 6.22. The van der Waals surface area contributed by atoms with E-state index in [1.165, 1.54) is 29.5 Å². The number of aliphatic hydroxyl groups excluding tert-OH is 1. The second-order valence-electron chi connectivity index (χ2n) is 6.25. The Morgan fingerprint density at radius 3 is 2.57 bits per heavy atom. The van der Waals surface area contributed by atoms with E-state index in [0.717, 1.165) is 26.1 Å². The van der Waals surface area contributed by atoms with Gasteiger partial charge < -0.3 is 14.7 Å². The van der Waals surface area contributed by atoms with Crippen LogP contribution in [0.2, 0.25) is 0 Å². The molecule has 21 heavy (non-hydrogen) atoms. The lowest BCUT2D eigenvalue weighted by Crippen LogP contribution is -2.33. The quantitative estimate of drug-likeness (QED) is 0.837. The van der Waals surface area contributed by atoms with Crippen molar-refractivity contribution in [1.29, 1.82) is 0 Å². The third-order valence-electron chi connectivity index (χ3n) is 4.30. The summed E-state index contributed by atoms with van der Waals surface area (Å²) in [4.78, 5) is 2.33. The molecule has 1 aliphatic rings. The Bertz CT molecular complexity index is 441. The minimum atomic E-state index is -0.386. The first kappa shape index (κ1) is 16.5. The van der Waals surface area contributed by atoms with Crippen LogP contribution in [-0.4, -0.2) is 42.4 Å². The maximum absolute atomic E-state index is 10.1. The number of aryl methyl sites for hydroxylation is 2. The Labute approximate surface area is 128 Å². The number of hydrogen-bond donors (Lipinski definition) is 1. The average Bonchev–Trinajstić information content (AvgIpc) is 2.94. The lowest BCUT2D eigenvalue weighted by atomic mass is 9.99. The molecule has 0 spiro atoms. The predicted octanol–water partition coefficient (Wildman–Crippen LogP) is 3.23. The van der Waals surface area contributed by atoms with E-state index in [1.54, 1.807) is 0 Å². The van der Waals surface area contributed by atoms with E-state index in [4.69, 9.17) is 4.74 Å². The highest BCUT2D eigenvalue weighted by Crippen LogP contribution is 2.25. The fraction of sp³-hybridized carbons (Fsp3) is 0.667. The molecule has 0 saturated carbocycles. The highest BCUT2D eigenvalue weighted by atomic mass is 16.5. The SMILES string of the molecule is CCC(OCC(O)CN1CCCC1)c1ccc(C)cc1C. The van der Waals surface area contributed by atoms with Gasteiger partial charge in [0, 0.05) is 6.54 Å². The molecule has 0 bridgehead atoms. The van der Waals surface area contributed by atoms with Gasteiger partial charge in [-0.25, -0.2) is 0 Å². The maximum atomic E-state index is 10.1. The zero-order valence-electron chi connectivity index (χ0n) is 13.6. The lowest BCUT2D eigenvalue weighted by molar-refractivity contribution is -0.0217. The fourth-order valence-corrected chi connectivity index (χ4v) is 3.16. The van der Waals surface area contributed by atoms with Gasteiger partial charge in [-0.1, -0.05) is 30.7 Å². The standard InChI is InChI=1S/C18H29NO2/c1-4-18(17-8-7-14(2)11-15(17)3)21-13-16(20)12-19-9-5-6-10-19/h7-8,11,16,18,20H,4-6,9-10,12-13H2,1-3H3. The summed E-state index contributed by atoms with van der Waals surface area (Å²) >= 11 is 0.